The summed E-state index contributed by atoms with van der Waals surface area (Å²) in [5.74, 6) is 0.520. The van der Waals surface area contributed by atoms with Gasteiger partial charge >= 0.3 is 0 Å². The first kappa shape index (κ1) is 18.3. The molecular weight excluding hydrogens is 380 g/mol. The maximum atomic E-state index is 13.6. The maximum absolute atomic E-state index is 13.6. The van der Waals surface area contributed by atoms with Crippen LogP contribution in [0.3, 0.4) is 0 Å². The van der Waals surface area contributed by atoms with Crippen molar-refractivity contribution < 1.29 is 19.1 Å². The van der Waals surface area contributed by atoms with Gasteiger partial charge in [0.2, 0.25) is 17.7 Å². The Labute approximate surface area is 175 Å². The molecule has 6 heteroatoms. The fraction of sp³-hybridized carbons (Fsp3) is 0.542. The van der Waals surface area contributed by atoms with E-state index in [1.165, 1.54) is 4.90 Å². The quantitative estimate of drug-likeness (QED) is 0.562. The van der Waals surface area contributed by atoms with E-state index < -0.39 is 6.04 Å². The summed E-state index contributed by atoms with van der Waals surface area (Å²) < 4.78 is 5.40. The number of ether oxygens (including phenoxy) is 1. The molecule has 6 aliphatic rings. The normalized spacial score (nSPS) is 37.2. The van der Waals surface area contributed by atoms with Crippen LogP contribution < -0.4 is 0 Å². The van der Waals surface area contributed by atoms with Crippen LogP contribution in [0.25, 0.3) is 0 Å². The number of carbonyl (C=O) groups excluding carboxylic acids is 3. The van der Waals surface area contributed by atoms with E-state index in [0.29, 0.717) is 44.6 Å². The molecule has 2 saturated heterocycles. The molecule has 0 radical (unpaired) electrons. The molecule has 7 rings (SSSR count). The highest BCUT2D eigenvalue weighted by atomic mass is 16.5. The Kier molecular flexibility index (Phi) is 4.13. The number of carbonyl (C=O) groups is 3. The number of nitrogens with zero attached hydrogens (tertiary/aromatic N) is 2. The molecule has 1 aromatic rings. The number of morpholine rings is 1. The van der Waals surface area contributed by atoms with Gasteiger partial charge in [0.1, 0.15) is 6.04 Å². The van der Waals surface area contributed by atoms with Crippen molar-refractivity contribution in [3.8, 4) is 0 Å². The Bertz CT molecular complexity index is 886. The lowest BCUT2D eigenvalue weighted by atomic mass is 9.63. The first-order valence-electron chi connectivity index (χ1n) is 11.1. The first-order valence-corrected chi connectivity index (χ1v) is 11.1. The van der Waals surface area contributed by atoms with Crippen molar-refractivity contribution in [1.29, 1.82) is 0 Å². The van der Waals surface area contributed by atoms with Gasteiger partial charge in [-0.3, -0.25) is 19.3 Å². The van der Waals surface area contributed by atoms with Crippen molar-refractivity contribution >= 4 is 17.7 Å². The molecule has 2 saturated carbocycles. The second-order valence-electron chi connectivity index (χ2n) is 9.34. The number of hydrogen-bond acceptors (Lipinski definition) is 4. The molecule has 3 amide bonds. The van der Waals surface area contributed by atoms with Crippen LogP contribution in [0.5, 0.6) is 0 Å². The molecule has 2 bridgehead atoms. The summed E-state index contributed by atoms with van der Waals surface area (Å²) in [6.45, 7) is 2.00. The lowest BCUT2D eigenvalue weighted by Gasteiger charge is -2.37. The first-order chi connectivity index (χ1) is 14.6. The fourth-order valence-corrected chi connectivity index (χ4v) is 6.41. The molecule has 1 aromatic carbocycles. The van der Waals surface area contributed by atoms with Crippen LogP contribution >= 0.6 is 0 Å². The molecule has 7 atom stereocenters. The molecule has 0 spiro atoms. The Hall–Kier alpha value is -2.47. The van der Waals surface area contributed by atoms with Crippen LogP contribution in [0.4, 0.5) is 0 Å². The third kappa shape index (κ3) is 2.62. The van der Waals surface area contributed by atoms with E-state index in [-0.39, 0.29) is 41.4 Å². The zero-order valence-corrected chi connectivity index (χ0v) is 16.9. The average Bonchev–Trinajstić information content (AvgIpc) is 3.57. The summed E-state index contributed by atoms with van der Waals surface area (Å²) in [5.41, 5.74) is 0.962. The van der Waals surface area contributed by atoms with Gasteiger partial charge in [-0.05, 0) is 35.7 Å². The van der Waals surface area contributed by atoms with Gasteiger partial charge < -0.3 is 9.64 Å². The molecule has 0 aromatic heterocycles. The second kappa shape index (κ2) is 6.77. The van der Waals surface area contributed by atoms with E-state index in [2.05, 4.69) is 12.2 Å². The van der Waals surface area contributed by atoms with Crippen LogP contribution in [-0.2, 0) is 25.5 Å². The van der Waals surface area contributed by atoms with E-state index in [1.807, 2.05) is 30.3 Å². The van der Waals surface area contributed by atoms with E-state index in [1.54, 1.807) is 4.90 Å². The number of allylic oxidation sites excluding steroid dienone is 2. The topological polar surface area (TPSA) is 66.9 Å². The van der Waals surface area contributed by atoms with Crippen molar-refractivity contribution in [2.45, 2.75) is 18.9 Å². The van der Waals surface area contributed by atoms with E-state index in [4.69, 9.17) is 4.74 Å². The molecule has 2 aliphatic heterocycles. The molecule has 4 aliphatic carbocycles. The van der Waals surface area contributed by atoms with Gasteiger partial charge in [0.05, 0.1) is 25.0 Å². The predicted molar refractivity (Wildman–Crippen MR) is 108 cm³/mol. The number of amides is 3. The summed E-state index contributed by atoms with van der Waals surface area (Å²) in [6.07, 6.45) is 5.84. The zero-order chi connectivity index (χ0) is 20.4. The number of rotatable bonds is 4. The van der Waals surface area contributed by atoms with Crippen molar-refractivity contribution in [2.75, 3.05) is 26.3 Å². The second-order valence-corrected chi connectivity index (χ2v) is 9.34. The Morgan fingerprint density at radius 3 is 2.17 bits per heavy atom. The SMILES string of the molecule is O=C([C@H](Cc1ccccc1)N1C(=O)[C@@H]2[C@H]3C=C[C@@H]([C@@H]4C[C@@H]34)[C@@H]2C1=O)N1CCOCC1. The van der Waals surface area contributed by atoms with Crippen molar-refractivity contribution in [1.82, 2.24) is 9.80 Å². The van der Waals surface area contributed by atoms with Crippen molar-refractivity contribution in [3.05, 3.63) is 48.0 Å². The highest BCUT2D eigenvalue weighted by Crippen LogP contribution is 2.65. The van der Waals surface area contributed by atoms with Gasteiger partial charge in [0, 0.05) is 19.5 Å². The largest absolute Gasteiger partial charge is 0.378 e. The van der Waals surface area contributed by atoms with Crippen LogP contribution in [0.1, 0.15) is 12.0 Å². The van der Waals surface area contributed by atoms with Crippen LogP contribution in [0.2, 0.25) is 0 Å². The summed E-state index contributed by atoms with van der Waals surface area (Å²) >= 11 is 0. The minimum absolute atomic E-state index is 0.128. The third-order valence-corrected chi connectivity index (χ3v) is 7.89. The standard InChI is InChI=1S/C24H26N2O4/c27-22(25-8-10-30-11-9-25)19(12-14-4-2-1-3-5-14)26-23(28)20-15-6-7-16(18-13-17(15)18)21(20)24(26)29/h1-7,15-21H,8-13H2/t15-,16-,17-,18-,19-,20-,21+/m0/s1. The van der Waals surface area contributed by atoms with E-state index in [9.17, 15) is 14.4 Å². The van der Waals surface area contributed by atoms with Gasteiger partial charge in [-0.25, -0.2) is 0 Å². The molecular formula is C24H26N2O4. The molecule has 30 heavy (non-hydrogen) atoms. The summed E-state index contributed by atoms with van der Waals surface area (Å²) in [5, 5.41) is 0. The van der Waals surface area contributed by atoms with Gasteiger partial charge in [-0.1, -0.05) is 42.5 Å². The summed E-state index contributed by atoms with van der Waals surface area (Å²) in [4.78, 5) is 43.9. The molecule has 4 fully saturated rings. The average molecular weight is 406 g/mol. The number of hydrogen-bond donors (Lipinski definition) is 0. The lowest BCUT2D eigenvalue weighted by molar-refractivity contribution is -0.153. The van der Waals surface area contributed by atoms with Crippen LogP contribution in [-0.4, -0.2) is 59.9 Å². The lowest BCUT2D eigenvalue weighted by Crippen LogP contribution is -2.54. The molecule has 2 heterocycles. The van der Waals surface area contributed by atoms with E-state index in [0.717, 1.165) is 12.0 Å². The van der Waals surface area contributed by atoms with Crippen molar-refractivity contribution in [2.24, 2.45) is 35.5 Å². The fourth-order valence-electron chi connectivity index (χ4n) is 6.41. The summed E-state index contributed by atoms with van der Waals surface area (Å²) in [6, 6.07) is 8.93. The Morgan fingerprint density at radius 2 is 1.57 bits per heavy atom. The Morgan fingerprint density at radius 1 is 0.967 bits per heavy atom. The minimum Gasteiger partial charge on any atom is -0.378 e. The maximum Gasteiger partial charge on any atom is 0.246 e. The number of likely N-dealkylation sites (tertiary alicyclic amines) is 1. The smallest absolute Gasteiger partial charge is 0.246 e. The van der Waals surface area contributed by atoms with Crippen molar-refractivity contribution in [3.63, 3.8) is 0 Å². The Balaban J connectivity index is 1.34. The number of benzene rings is 1. The molecule has 0 N–H and O–H groups in total. The van der Waals surface area contributed by atoms with Crippen LogP contribution in [0.15, 0.2) is 42.5 Å². The van der Waals surface area contributed by atoms with Gasteiger partial charge in [-0.2, -0.15) is 0 Å². The molecule has 0 unspecified atom stereocenters. The highest BCUT2D eigenvalue weighted by Gasteiger charge is 2.68. The zero-order valence-electron chi connectivity index (χ0n) is 16.9. The van der Waals surface area contributed by atoms with Gasteiger partial charge in [-0.15, -0.1) is 0 Å². The van der Waals surface area contributed by atoms with Crippen LogP contribution in [0, 0.1) is 35.5 Å². The van der Waals surface area contributed by atoms with Gasteiger partial charge in [0.25, 0.3) is 0 Å². The van der Waals surface area contributed by atoms with E-state index >= 15 is 0 Å². The highest BCUT2D eigenvalue weighted by molar-refractivity contribution is 6.09. The minimum atomic E-state index is -0.771. The summed E-state index contributed by atoms with van der Waals surface area (Å²) in [7, 11) is 0. The number of imide groups is 1. The molecule has 156 valence electrons. The monoisotopic (exact) mass is 406 g/mol. The molecule has 6 nitrogen and oxygen atoms in total. The predicted octanol–water partition coefficient (Wildman–Crippen LogP) is 1.51. The van der Waals surface area contributed by atoms with Gasteiger partial charge in [0.15, 0.2) is 0 Å². The third-order valence-electron chi connectivity index (χ3n) is 7.89.